The molecular formula is C24H29N5O5S2. The summed E-state index contributed by atoms with van der Waals surface area (Å²) in [7, 11) is -1.62. The van der Waals surface area contributed by atoms with Gasteiger partial charge in [0.2, 0.25) is 21.8 Å². The molecule has 1 amide bonds. The first-order chi connectivity index (χ1) is 17.2. The van der Waals surface area contributed by atoms with Crippen molar-refractivity contribution in [1.82, 2.24) is 19.6 Å². The molecule has 12 heteroatoms. The van der Waals surface area contributed by atoms with Crippen molar-refractivity contribution >= 4 is 43.2 Å². The van der Waals surface area contributed by atoms with Gasteiger partial charge in [-0.25, -0.2) is 18.4 Å². The van der Waals surface area contributed by atoms with Crippen LogP contribution in [0, 0.1) is 5.92 Å². The summed E-state index contributed by atoms with van der Waals surface area (Å²) in [5, 5.41) is 2.87. The van der Waals surface area contributed by atoms with Gasteiger partial charge in [0.1, 0.15) is 11.9 Å². The molecule has 0 aliphatic carbocycles. The summed E-state index contributed by atoms with van der Waals surface area (Å²) in [5.41, 5.74) is 5.01. The maximum atomic E-state index is 11.8. The SMILES string of the molecule is COc1nc(-c2cc(O[C@H](C)C3CNC(=O)C3)c3scnc3c2)ccc1N1CCN(S(C)(=O)=O)CC1. The molecule has 5 rings (SSSR count). The lowest BCUT2D eigenvalue weighted by molar-refractivity contribution is -0.119. The van der Waals surface area contributed by atoms with Gasteiger partial charge in [0, 0.05) is 50.6 Å². The maximum Gasteiger partial charge on any atom is 0.237 e. The average Bonchev–Trinajstić information content (AvgIpc) is 3.52. The molecule has 36 heavy (non-hydrogen) atoms. The summed E-state index contributed by atoms with van der Waals surface area (Å²) in [6, 6.07) is 7.84. The molecule has 4 heterocycles. The van der Waals surface area contributed by atoms with Gasteiger partial charge in [-0.2, -0.15) is 4.31 Å². The second-order valence-corrected chi connectivity index (χ2v) is 12.0. The summed E-state index contributed by atoms with van der Waals surface area (Å²) >= 11 is 1.52. The molecule has 3 aromatic rings. The van der Waals surface area contributed by atoms with E-state index < -0.39 is 10.0 Å². The highest BCUT2D eigenvalue weighted by Gasteiger charge is 2.29. The minimum Gasteiger partial charge on any atom is -0.489 e. The molecule has 2 aromatic heterocycles. The number of nitrogens with one attached hydrogen (secondary N) is 1. The molecule has 2 saturated heterocycles. The van der Waals surface area contributed by atoms with Gasteiger partial charge in [-0.3, -0.25) is 4.79 Å². The Bertz CT molecular complexity index is 1380. The van der Waals surface area contributed by atoms with Crippen molar-refractivity contribution < 1.29 is 22.7 Å². The number of carbonyl (C=O) groups excluding carboxylic acids is 1. The smallest absolute Gasteiger partial charge is 0.237 e. The zero-order valence-electron chi connectivity index (χ0n) is 20.4. The number of hydrogen-bond donors (Lipinski definition) is 1. The standard InChI is InChI=1S/C24H29N5O5S2/c1-15(17-12-22(30)25-13-17)34-21-11-16(10-19-23(21)35-14-26-19)18-4-5-20(24(27-18)33-2)28-6-8-29(9-7-28)36(3,31)32/h4-5,10-11,14-15,17H,6-9,12-13H2,1-3H3,(H,25,30)/t15-,17?/m1/s1. The van der Waals surface area contributed by atoms with Crippen LogP contribution in [0.2, 0.25) is 0 Å². The molecule has 2 fully saturated rings. The van der Waals surface area contributed by atoms with E-state index in [0.29, 0.717) is 45.0 Å². The molecule has 1 aromatic carbocycles. The van der Waals surface area contributed by atoms with Gasteiger partial charge in [0.25, 0.3) is 0 Å². The number of nitrogens with zero attached hydrogens (tertiary/aromatic N) is 4. The molecule has 192 valence electrons. The Morgan fingerprint density at radius 3 is 2.64 bits per heavy atom. The van der Waals surface area contributed by atoms with Crippen molar-refractivity contribution in [2.24, 2.45) is 5.92 Å². The van der Waals surface area contributed by atoms with Crippen LogP contribution in [0.25, 0.3) is 21.5 Å². The Kier molecular flexibility index (Phi) is 6.75. The van der Waals surface area contributed by atoms with Crippen molar-refractivity contribution in [3.05, 3.63) is 29.8 Å². The number of hydrogen-bond acceptors (Lipinski definition) is 9. The normalized spacial score (nSPS) is 19.9. The first-order valence-corrected chi connectivity index (χ1v) is 14.5. The van der Waals surface area contributed by atoms with Crippen molar-refractivity contribution in [2.45, 2.75) is 19.4 Å². The van der Waals surface area contributed by atoms with Gasteiger partial charge < -0.3 is 19.7 Å². The van der Waals surface area contributed by atoms with E-state index >= 15 is 0 Å². The molecule has 0 radical (unpaired) electrons. The fourth-order valence-corrected chi connectivity index (χ4v) is 6.23. The molecule has 10 nitrogen and oxygen atoms in total. The minimum atomic E-state index is -3.20. The molecule has 2 aliphatic rings. The zero-order valence-corrected chi connectivity index (χ0v) is 22.1. The lowest BCUT2D eigenvalue weighted by atomic mass is 10.0. The summed E-state index contributed by atoms with van der Waals surface area (Å²) in [6.45, 7) is 4.57. The summed E-state index contributed by atoms with van der Waals surface area (Å²) in [6.07, 6.45) is 1.56. The monoisotopic (exact) mass is 531 g/mol. The topological polar surface area (TPSA) is 114 Å². The number of methoxy groups -OCH3 is 1. The summed E-state index contributed by atoms with van der Waals surface area (Å²) in [4.78, 5) is 23.0. The summed E-state index contributed by atoms with van der Waals surface area (Å²) < 4.78 is 38.1. The van der Waals surface area contributed by atoms with E-state index in [1.807, 2.05) is 31.2 Å². The van der Waals surface area contributed by atoms with E-state index in [1.165, 1.54) is 21.9 Å². The second-order valence-electron chi connectivity index (χ2n) is 9.14. The van der Waals surface area contributed by atoms with Crippen LogP contribution < -0.4 is 19.7 Å². The third-order valence-corrected chi connectivity index (χ3v) is 8.92. The number of pyridine rings is 1. The first kappa shape index (κ1) is 24.7. The van der Waals surface area contributed by atoms with Gasteiger partial charge in [0.05, 0.1) is 40.5 Å². The predicted molar refractivity (Wildman–Crippen MR) is 139 cm³/mol. The molecular weight excluding hydrogens is 502 g/mol. The largest absolute Gasteiger partial charge is 0.489 e. The number of thiazole rings is 1. The number of anilines is 1. The number of rotatable bonds is 7. The predicted octanol–water partition coefficient (Wildman–Crippen LogP) is 2.35. The number of benzene rings is 1. The number of fused-ring (bicyclic) bond motifs is 1. The molecule has 1 N–H and O–H groups in total. The van der Waals surface area contributed by atoms with Gasteiger partial charge >= 0.3 is 0 Å². The molecule has 0 saturated carbocycles. The van der Waals surface area contributed by atoms with Crippen LogP contribution in [-0.4, -0.2) is 80.8 Å². The van der Waals surface area contributed by atoms with E-state index in [0.717, 1.165) is 32.9 Å². The molecule has 1 unspecified atom stereocenters. The highest BCUT2D eigenvalue weighted by Crippen LogP contribution is 2.37. The Balaban J connectivity index is 1.41. The van der Waals surface area contributed by atoms with E-state index in [1.54, 1.807) is 12.6 Å². The van der Waals surface area contributed by atoms with Crippen LogP contribution in [-0.2, 0) is 14.8 Å². The second kappa shape index (κ2) is 9.83. The Labute approximate surface area is 214 Å². The van der Waals surface area contributed by atoms with Gasteiger partial charge in [-0.15, -0.1) is 11.3 Å². The van der Waals surface area contributed by atoms with Crippen molar-refractivity contribution in [1.29, 1.82) is 0 Å². The third kappa shape index (κ3) is 4.97. The van der Waals surface area contributed by atoms with Gasteiger partial charge in [0.15, 0.2) is 0 Å². The molecule has 0 spiro atoms. The van der Waals surface area contributed by atoms with Crippen molar-refractivity contribution in [3.8, 4) is 22.9 Å². The molecule has 0 bridgehead atoms. The molecule has 2 atom stereocenters. The van der Waals surface area contributed by atoms with Crippen LogP contribution in [0.5, 0.6) is 11.6 Å². The zero-order chi connectivity index (χ0) is 25.4. The average molecular weight is 532 g/mol. The number of carbonyl (C=O) groups is 1. The maximum absolute atomic E-state index is 11.8. The van der Waals surface area contributed by atoms with Crippen LogP contribution in [0.3, 0.4) is 0 Å². The number of ether oxygens (including phenoxy) is 2. The summed E-state index contributed by atoms with van der Waals surface area (Å²) in [5.74, 6) is 1.37. The van der Waals surface area contributed by atoms with Crippen LogP contribution >= 0.6 is 11.3 Å². The van der Waals surface area contributed by atoms with Crippen molar-refractivity contribution in [2.75, 3.05) is 51.0 Å². The molecule has 2 aliphatic heterocycles. The first-order valence-electron chi connectivity index (χ1n) is 11.8. The van der Waals surface area contributed by atoms with Gasteiger partial charge in [-0.05, 0) is 31.2 Å². The van der Waals surface area contributed by atoms with E-state index in [-0.39, 0.29) is 17.9 Å². The fraction of sp³-hybridized carbons (Fsp3) is 0.458. The number of amides is 1. The fourth-order valence-electron chi connectivity index (χ4n) is 4.67. The Morgan fingerprint density at radius 2 is 1.97 bits per heavy atom. The van der Waals surface area contributed by atoms with Gasteiger partial charge in [-0.1, -0.05) is 0 Å². The number of sulfonamides is 1. The van der Waals surface area contributed by atoms with Crippen LogP contribution in [0.15, 0.2) is 29.8 Å². The quantitative estimate of drug-likeness (QED) is 0.494. The highest BCUT2D eigenvalue weighted by molar-refractivity contribution is 7.88. The third-order valence-electron chi connectivity index (χ3n) is 6.76. The van der Waals surface area contributed by atoms with E-state index in [2.05, 4.69) is 15.2 Å². The number of aromatic nitrogens is 2. The van der Waals surface area contributed by atoms with Crippen LogP contribution in [0.4, 0.5) is 5.69 Å². The van der Waals surface area contributed by atoms with Crippen molar-refractivity contribution in [3.63, 3.8) is 0 Å². The Morgan fingerprint density at radius 1 is 1.19 bits per heavy atom. The highest BCUT2D eigenvalue weighted by atomic mass is 32.2. The number of piperazine rings is 1. The Hall–Kier alpha value is -2.96. The lowest BCUT2D eigenvalue weighted by Crippen LogP contribution is -2.48. The van der Waals surface area contributed by atoms with Crippen LogP contribution in [0.1, 0.15) is 13.3 Å². The lowest BCUT2D eigenvalue weighted by Gasteiger charge is -2.35. The van der Waals surface area contributed by atoms with E-state index in [9.17, 15) is 13.2 Å². The minimum absolute atomic E-state index is 0.0567. The van der Waals surface area contributed by atoms with E-state index in [4.69, 9.17) is 14.5 Å².